The Hall–Kier alpha value is -4.08. The van der Waals surface area contributed by atoms with E-state index in [0.29, 0.717) is 28.9 Å². The molecule has 0 bridgehead atoms. The lowest BCUT2D eigenvalue weighted by molar-refractivity contribution is -0.104. The number of nitrogens with zero attached hydrogens (tertiary/aromatic N) is 2. The van der Waals surface area contributed by atoms with Crippen LogP contribution >= 0.6 is 11.9 Å². The van der Waals surface area contributed by atoms with Crippen LogP contribution in [-0.2, 0) is 4.79 Å². The van der Waals surface area contributed by atoms with Gasteiger partial charge in [-0.25, -0.2) is 8.78 Å². The number of nitrogens with one attached hydrogen (secondary N) is 2. The fourth-order valence-electron chi connectivity index (χ4n) is 3.75. The molecule has 9 heteroatoms. The molecule has 0 amide bonds. The van der Waals surface area contributed by atoms with Crippen molar-refractivity contribution < 1.29 is 13.6 Å². The van der Waals surface area contributed by atoms with Crippen LogP contribution in [0.5, 0.6) is 0 Å². The number of rotatable bonds is 16. The largest absolute Gasteiger partial charge is 0.378 e. The highest BCUT2D eigenvalue weighted by Crippen LogP contribution is 2.22. The molecule has 1 atom stereocenters. The van der Waals surface area contributed by atoms with Gasteiger partial charge in [0.2, 0.25) is 0 Å². The van der Waals surface area contributed by atoms with Gasteiger partial charge in [0.15, 0.2) is 0 Å². The Morgan fingerprint density at radius 3 is 2.60 bits per heavy atom. The summed E-state index contributed by atoms with van der Waals surface area (Å²) in [6, 6.07) is 1.05. The Kier molecular flexibility index (Phi) is 16.4. The second kappa shape index (κ2) is 19.1. The van der Waals surface area contributed by atoms with Gasteiger partial charge in [-0.15, -0.1) is 0 Å². The normalized spacial score (nSPS) is 15.1. The highest BCUT2D eigenvalue weighted by molar-refractivity contribution is 8.01. The number of carbonyl (C=O) groups excluding carboxylic acids is 1. The number of halogens is 2. The molecule has 42 heavy (non-hydrogen) atoms. The maximum absolute atomic E-state index is 15.0. The van der Waals surface area contributed by atoms with Crippen LogP contribution in [-0.4, -0.2) is 42.5 Å². The van der Waals surface area contributed by atoms with Crippen molar-refractivity contribution in [1.82, 2.24) is 15.2 Å². The number of aryl methyl sites for hydroxylation is 1. The molecule has 4 N–H and O–H groups in total. The first kappa shape index (κ1) is 35.9. The van der Waals surface area contributed by atoms with E-state index < -0.39 is 11.6 Å². The number of pyridine rings is 1. The van der Waals surface area contributed by atoms with E-state index in [0.717, 1.165) is 52.4 Å². The minimum atomic E-state index is -0.645. The molecule has 1 aromatic heterocycles. The molecule has 0 aromatic carbocycles. The Balaban J connectivity index is 3.63. The second-order valence-electron chi connectivity index (χ2n) is 9.39. The minimum Gasteiger partial charge on any atom is -0.378 e. The molecule has 6 nitrogen and oxygen atoms in total. The van der Waals surface area contributed by atoms with Gasteiger partial charge >= 0.3 is 0 Å². The SMILES string of the molecule is C=C/C=C(N[C@H](C)\C(=C/C=C(/C(C=N)=C/C(F)=C/c1cc(F)cnc1C)N(C)C)C/C=C(C)\C=C\C=O)\C(=C/C)SN. The molecule has 0 radical (unpaired) electrons. The van der Waals surface area contributed by atoms with Gasteiger partial charge in [-0.2, -0.15) is 0 Å². The van der Waals surface area contributed by atoms with Crippen LogP contribution in [0.2, 0.25) is 0 Å². The van der Waals surface area contributed by atoms with Crippen LogP contribution in [0.3, 0.4) is 0 Å². The first-order chi connectivity index (χ1) is 20.0. The van der Waals surface area contributed by atoms with Crippen LogP contribution in [0.15, 0.2) is 112 Å². The van der Waals surface area contributed by atoms with Gasteiger partial charge in [-0.1, -0.05) is 42.5 Å². The topological polar surface area (TPSA) is 95.1 Å². The van der Waals surface area contributed by atoms with Gasteiger partial charge in [0.1, 0.15) is 17.9 Å². The number of hydrogen-bond acceptors (Lipinski definition) is 7. The lowest BCUT2D eigenvalue weighted by atomic mass is 10.0. The van der Waals surface area contributed by atoms with E-state index in [-0.39, 0.29) is 6.04 Å². The predicted octanol–water partition coefficient (Wildman–Crippen LogP) is 7.44. The van der Waals surface area contributed by atoms with E-state index in [1.165, 1.54) is 24.3 Å². The summed E-state index contributed by atoms with van der Waals surface area (Å²) in [4.78, 5) is 17.3. The molecule has 1 rings (SSSR count). The molecule has 0 aliphatic rings. The molecule has 0 aliphatic carbocycles. The minimum absolute atomic E-state index is 0.162. The van der Waals surface area contributed by atoms with Gasteiger partial charge in [-0.3, -0.25) is 14.9 Å². The second-order valence-corrected chi connectivity index (χ2v) is 10.1. The molecule has 0 fully saturated rings. The smallest absolute Gasteiger partial charge is 0.142 e. The van der Waals surface area contributed by atoms with E-state index in [1.807, 2.05) is 51.2 Å². The lowest BCUT2D eigenvalue weighted by Gasteiger charge is -2.22. The van der Waals surface area contributed by atoms with E-state index in [1.54, 1.807) is 38.1 Å². The molecule has 0 saturated heterocycles. The van der Waals surface area contributed by atoms with Crippen LogP contribution < -0.4 is 10.5 Å². The van der Waals surface area contributed by atoms with Gasteiger partial charge in [0.25, 0.3) is 0 Å². The molecule has 0 aliphatic heterocycles. The summed E-state index contributed by atoms with van der Waals surface area (Å²) >= 11 is 1.13. The number of carbonyl (C=O) groups is 1. The predicted molar refractivity (Wildman–Crippen MR) is 175 cm³/mol. The van der Waals surface area contributed by atoms with Crippen molar-refractivity contribution in [3.05, 3.63) is 129 Å². The monoisotopic (exact) mass is 593 g/mol. The zero-order chi connectivity index (χ0) is 31.7. The summed E-state index contributed by atoms with van der Waals surface area (Å²) in [5.41, 5.74) is 4.40. The zero-order valence-corrected chi connectivity index (χ0v) is 25.9. The number of likely N-dealkylation sites (N-methyl/N-ethyl adjacent to an activating group) is 1. The Bertz CT molecular complexity index is 1360. The van der Waals surface area contributed by atoms with Crippen molar-refractivity contribution in [2.24, 2.45) is 5.14 Å². The summed E-state index contributed by atoms with van der Waals surface area (Å²) in [6.07, 6.45) is 20.2. The van der Waals surface area contributed by atoms with Crippen molar-refractivity contribution in [2.45, 2.75) is 40.2 Å². The number of aldehydes is 1. The molecule has 1 aromatic rings. The number of allylic oxidation sites excluding steroid dienone is 12. The summed E-state index contributed by atoms with van der Waals surface area (Å²) in [7, 11) is 3.60. The maximum atomic E-state index is 15.0. The highest BCUT2D eigenvalue weighted by atomic mass is 32.2. The van der Waals surface area contributed by atoms with E-state index in [4.69, 9.17) is 10.5 Å². The summed E-state index contributed by atoms with van der Waals surface area (Å²) in [6.45, 7) is 11.3. The molecule has 0 spiro atoms. The van der Waals surface area contributed by atoms with Gasteiger partial charge in [0, 0.05) is 59.5 Å². The molecular weight excluding hydrogens is 552 g/mol. The van der Waals surface area contributed by atoms with Crippen molar-refractivity contribution in [3.8, 4) is 0 Å². The van der Waals surface area contributed by atoms with Crippen LogP contribution in [0.1, 0.15) is 38.4 Å². The zero-order valence-electron chi connectivity index (χ0n) is 25.1. The van der Waals surface area contributed by atoms with Crippen molar-refractivity contribution >= 4 is 30.5 Å². The molecule has 0 saturated carbocycles. The third-order valence-corrected chi connectivity index (χ3v) is 6.74. The first-order valence-corrected chi connectivity index (χ1v) is 14.1. The number of nitrogens with two attached hydrogens (primary N) is 1. The van der Waals surface area contributed by atoms with E-state index in [2.05, 4.69) is 16.9 Å². The third kappa shape index (κ3) is 12.2. The van der Waals surface area contributed by atoms with Crippen LogP contribution in [0.25, 0.3) is 6.08 Å². The van der Waals surface area contributed by atoms with Crippen LogP contribution in [0, 0.1) is 18.2 Å². The summed E-state index contributed by atoms with van der Waals surface area (Å²) in [5.74, 6) is -1.21. The molecule has 1 heterocycles. The van der Waals surface area contributed by atoms with Gasteiger partial charge < -0.3 is 15.6 Å². The van der Waals surface area contributed by atoms with Gasteiger partial charge in [-0.05, 0) is 88.1 Å². The van der Waals surface area contributed by atoms with E-state index >= 15 is 4.39 Å². The average Bonchev–Trinajstić information content (AvgIpc) is 2.95. The highest BCUT2D eigenvalue weighted by Gasteiger charge is 2.13. The van der Waals surface area contributed by atoms with Crippen molar-refractivity contribution in [1.29, 1.82) is 5.41 Å². The quantitative estimate of drug-likeness (QED) is 0.0606. The van der Waals surface area contributed by atoms with Crippen molar-refractivity contribution in [2.75, 3.05) is 14.1 Å². The molecule has 224 valence electrons. The molecular formula is C33H41F2N5OS. The summed E-state index contributed by atoms with van der Waals surface area (Å²) < 4.78 is 28.7. The third-order valence-electron chi connectivity index (χ3n) is 6.03. The molecule has 0 unspecified atom stereocenters. The van der Waals surface area contributed by atoms with Crippen molar-refractivity contribution in [3.63, 3.8) is 0 Å². The Morgan fingerprint density at radius 1 is 1.31 bits per heavy atom. The fraction of sp³-hybridized carbons (Fsp3) is 0.242. The van der Waals surface area contributed by atoms with Crippen LogP contribution in [0.4, 0.5) is 8.78 Å². The Morgan fingerprint density at radius 2 is 2.02 bits per heavy atom. The first-order valence-electron chi connectivity index (χ1n) is 13.2. The summed E-state index contributed by atoms with van der Waals surface area (Å²) in [5, 5.41) is 17.4. The number of aromatic nitrogens is 1. The average molecular weight is 594 g/mol. The lowest BCUT2D eigenvalue weighted by Crippen LogP contribution is -2.28. The van der Waals surface area contributed by atoms with Gasteiger partial charge in [0.05, 0.1) is 6.20 Å². The number of hydrogen-bond donors (Lipinski definition) is 3. The maximum Gasteiger partial charge on any atom is 0.142 e. The van der Waals surface area contributed by atoms with E-state index in [9.17, 15) is 9.18 Å². The Labute approximate surface area is 253 Å². The fourth-order valence-corrected chi connectivity index (χ4v) is 4.14. The standard InChI is InChI=1S/C33H41F2N5OS/c1-8-11-31(33(9-2)42-37)39-25(5)26(14-13-23(3)12-10-17-41)15-16-32(40(6)7)28(21-36)20-29(34)18-27-19-30(35)22-38-24(27)4/h8-13,15-22,25,36,39H,1,14,37H2,2-7H3/b12-10+,23-13-,26-15-,28-20+,29-18-,31-11+,32-16-,33-9+,36-21?/t25-/m1/s1.